The number of nitrogens with zero attached hydrogens (tertiary/aromatic N) is 1. The number of hydrogen-bond donors (Lipinski definition) is 2. The molecule has 0 spiro atoms. The van der Waals surface area contributed by atoms with Crippen molar-refractivity contribution in [2.24, 2.45) is 11.7 Å². The van der Waals surface area contributed by atoms with Gasteiger partial charge in [-0.25, -0.2) is 4.39 Å². The highest BCUT2D eigenvalue weighted by atomic mass is 19.1. The Kier molecular flexibility index (Phi) is 7.84. The Balaban J connectivity index is 1.62. The first kappa shape index (κ1) is 20.2. The maximum absolute atomic E-state index is 13.6. The smallest absolute Gasteiger partial charge is 0.221 e. The number of aryl methyl sites for hydroxylation is 1. The molecule has 1 atom stereocenters. The van der Waals surface area contributed by atoms with Crippen LogP contribution in [0.3, 0.4) is 0 Å². The largest absolute Gasteiger partial charge is 0.494 e. The number of amides is 2. The molecule has 7 heteroatoms. The van der Waals surface area contributed by atoms with Gasteiger partial charge in [0.1, 0.15) is 0 Å². The Labute approximate surface area is 153 Å². The van der Waals surface area contributed by atoms with Gasteiger partial charge in [0.05, 0.1) is 13.0 Å². The van der Waals surface area contributed by atoms with Crippen LogP contribution in [0.2, 0.25) is 0 Å². The summed E-state index contributed by atoms with van der Waals surface area (Å²) in [6, 6.07) is 4.73. The molecule has 1 aliphatic heterocycles. The molecule has 26 heavy (non-hydrogen) atoms. The van der Waals surface area contributed by atoms with E-state index in [2.05, 4.69) is 10.2 Å². The molecule has 3 N–H and O–H groups in total. The zero-order valence-corrected chi connectivity index (χ0v) is 15.3. The summed E-state index contributed by atoms with van der Waals surface area (Å²) < 4.78 is 18.5. The normalized spacial score (nSPS) is 17.7. The van der Waals surface area contributed by atoms with Gasteiger partial charge in [0, 0.05) is 19.5 Å². The highest BCUT2D eigenvalue weighted by Gasteiger charge is 2.23. The number of hydrogen-bond acceptors (Lipinski definition) is 4. The van der Waals surface area contributed by atoms with Crippen molar-refractivity contribution in [3.8, 4) is 5.75 Å². The van der Waals surface area contributed by atoms with Crippen LogP contribution >= 0.6 is 0 Å². The van der Waals surface area contributed by atoms with Gasteiger partial charge < -0.3 is 20.7 Å². The van der Waals surface area contributed by atoms with Crippen LogP contribution in [-0.2, 0) is 16.0 Å². The van der Waals surface area contributed by atoms with Gasteiger partial charge in [0.2, 0.25) is 11.8 Å². The third-order valence-electron chi connectivity index (χ3n) is 4.74. The van der Waals surface area contributed by atoms with Gasteiger partial charge in [0.25, 0.3) is 0 Å². The van der Waals surface area contributed by atoms with E-state index < -0.39 is 5.82 Å². The second kappa shape index (κ2) is 10.1. The van der Waals surface area contributed by atoms with Gasteiger partial charge >= 0.3 is 0 Å². The molecule has 2 rings (SSSR count). The van der Waals surface area contributed by atoms with Crippen LogP contribution in [-0.4, -0.2) is 50.0 Å². The van der Waals surface area contributed by atoms with Crippen molar-refractivity contribution < 1.29 is 18.7 Å². The van der Waals surface area contributed by atoms with Crippen molar-refractivity contribution in [2.75, 3.05) is 33.3 Å². The molecule has 0 saturated carbocycles. The summed E-state index contributed by atoms with van der Waals surface area (Å²) in [5.41, 5.74) is 6.15. The lowest BCUT2D eigenvalue weighted by molar-refractivity contribution is -0.123. The quantitative estimate of drug-likeness (QED) is 0.649. The number of halogens is 1. The van der Waals surface area contributed by atoms with Crippen molar-refractivity contribution in [2.45, 2.75) is 32.1 Å². The standard InChI is InChI=1S/C19H28FN3O3/c1-26-17-7-5-14(12-16(17)20)6-8-18(24)22-9-3-11-23-10-2-4-15(13-23)19(21)25/h5,7,12,15H,2-4,6,8-11,13H2,1H3,(H2,21,25)(H,22,24). The van der Waals surface area contributed by atoms with E-state index in [0.717, 1.165) is 37.9 Å². The van der Waals surface area contributed by atoms with Crippen molar-refractivity contribution in [3.63, 3.8) is 0 Å². The van der Waals surface area contributed by atoms with E-state index in [4.69, 9.17) is 10.5 Å². The summed E-state index contributed by atoms with van der Waals surface area (Å²) in [5, 5.41) is 2.89. The maximum Gasteiger partial charge on any atom is 0.221 e. The second-order valence-corrected chi connectivity index (χ2v) is 6.71. The number of rotatable bonds is 9. The molecule has 0 aliphatic carbocycles. The number of methoxy groups -OCH3 is 1. The molecule has 1 saturated heterocycles. The molecule has 1 fully saturated rings. The third kappa shape index (κ3) is 6.29. The second-order valence-electron chi connectivity index (χ2n) is 6.71. The van der Waals surface area contributed by atoms with Crippen LogP contribution in [0.25, 0.3) is 0 Å². The molecule has 1 unspecified atom stereocenters. The number of piperidine rings is 1. The van der Waals surface area contributed by atoms with E-state index in [1.807, 2.05) is 0 Å². The fourth-order valence-corrected chi connectivity index (χ4v) is 3.23. The first-order valence-electron chi connectivity index (χ1n) is 9.10. The highest BCUT2D eigenvalue weighted by molar-refractivity contribution is 5.77. The Hall–Kier alpha value is -2.15. The first-order chi connectivity index (χ1) is 12.5. The molecule has 144 valence electrons. The van der Waals surface area contributed by atoms with Crippen molar-refractivity contribution >= 4 is 11.8 Å². The van der Waals surface area contributed by atoms with Gasteiger partial charge in [0.15, 0.2) is 11.6 Å². The van der Waals surface area contributed by atoms with Crippen LogP contribution in [0.15, 0.2) is 18.2 Å². The number of primary amides is 1. The zero-order chi connectivity index (χ0) is 18.9. The average molecular weight is 365 g/mol. The Morgan fingerprint density at radius 1 is 1.42 bits per heavy atom. The average Bonchev–Trinajstić information content (AvgIpc) is 2.64. The number of benzene rings is 1. The summed E-state index contributed by atoms with van der Waals surface area (Å²) in [6.07, 6.45) is 3.49. The molecule has 0 aromatic heterocycles. The van der Waals surface area contributed by atoms with Crippen LogP contribution in [0, 0.1) is 11.7 Å². The molecular formula is C19H28FN3O3. The fraction of sp³-hybridized carbons (Fsp3) is 0.579. The topological polar surface area (TPSA) is 84.7 Å². The number of ether oxygens (including phenoxy) is 1. The number of likely N-dealkylation sites (tertiary alicyclic amines) is 1. The molecule has 0 radical (unpaired) electrons. The lowest BCUT2D eigenvalue weighted by Crippen LogP contribution is -2.42. The summed E-state index contributed by atoms with van der Waals surface area (Å²) in [7, 11) is 1.42. The predicted octanol–water partition coefficient (Wildman–Crippen LogP) is 1.47. The zero-order valence-electron chi connectivity index (χ0n) is 15.3. The molecular weight excluding hydrogens is 337 g/mol. The SMILES string of the molecule is COc1ccc(CCC(=O)NCCCN2CCCC(C(N)=O)C2)cc1F. The number of carbonyl (C=O) groups is 2. The Bertz CT molecular complexity index is 624. The fourth-order valence-electron chi connectivity index (χ4n) is 3.23. The van der Waals surface area contributed by atoms with E-state index in [9.17, 15) is 14.0 Å². The summed E-state index contributed by atoms with van der Waals surface area (Å²) >= 11 is 0. The minimum atomic E-state index is -0.416. The van der Waals surface area contributed by atoms with E-state index in [1.165, 1.54) is 13.2 Å². The molecule has 1 aromatic carbocycles. The van der Waals surface area contributed by atoms with Gasteiger partial charge in [-0.05, 0) is 56.5 Å². The van der Waals surface area contributed by atoms with E-state index in [-0.39, 0.29) is 23.5 Å². The lowest BCUT2D eigenvalue weighted by atomic mass is 9.97. The van der Waals surface area contributed by atoms with E-state index >= 15 is 0 Å². The molecule has 0 bridgehead atoms. The summed E-state index contributed by atoms with van der Waals surface area (Å²) in [5.74, 6) is -0.535. The highest BCUT2D eigenvalue weighted by Crippen LogP contribution is 2.18. The minimum absolute atomic E-state index is 0.0464. The summed E-state index contributed by atoms with van der Waals surface area (Å²) in [4.78, 5) is 25.4. The van der Waals surface area contributed by atoms with Crippen LogP contribution < -0.4 is 15.8 Å². The van der Waals surface area contributed by atoms with Crippen molar-refractivity contribution in [1.29, 1.82) is 0 Å². The molecule has 1 aromatic rings. The van der Waals surface area contributed by atoms with Gasteiger partial charge in [-0.2, -0.15) is 0 Å². The van der Waals surface area contributed by atoms with Crippen LogP contribution in [0.5, 0.6) is 5.75 Å². The van der Waals surface area contributed by atoms with Gasteiger partial charge in [-0.3, -0.25) is 9.59 Å². The maximum atomic E-state index is 13.6. The first-order valence-corrected chi connectivity index (χ1v) is 9.10. The van der Waals surface area contributed by atoms with Crippen LogP contribution in [0.4, 0.5) is 4.39 Å². The third-order valence-corrected chi connectivity index (χ3v) is 4.74. The number of nitrogens with two attached hydrogens (primary N) is 1. The molecule has 6 nitrogen and oxygen atoms in total. The van der Waals surface area contributed by atoms with E-state index in [0.29, 0.717) is 25.9 Å². The molecule has 1 aliphatic rings. The van der Waals surface area contributed by atoms with Crippen LogP contribution in [0.1, 0.15) is 31.2 Å². The van der Waals surface area contributed by atoms with Crippen molar-refractivity contribution in [1.82, 2.24) is 10.2 Å². The Morgan fingerprint density at radius 3 is 2.92 bits per heavy atom. The number of nitrogens with one attached hydrogen (secondary N) is 1. The van der Waals surface area contributed by atoms with Gasteiger partial charge in [-0.1, -0.05) is 6.07 Å². The monoisotopic (exact) mass is 365 g/mol. The minimum Gasteiger partial charge on any atom is -0.494 e. The van der Waals surface area contributed by atoms with Crippen molar-refractivity contribution in [3.05, 3.63) is 29.6 Å². The lowest BCUT2D eigenvalue weighted by Gasteiger charge is -2.31. The predicted molar refractivity (Wildman–Crippen MR) is 97.3 cm³/mol. The Morgan fingerprint density at radius 2 is 2.23 bits per heavy atom. The van der Waals surface area contributed by atoms with E-state index in [1.54, 1.807) is 12.1 Å². The molecule has 2 amide bonds. The van der Waals surface area contributed by atoms with Gasteiger partial charge in [-0.15, -0.1) is 0 Å². The number of carbonyl (C=O) groups excluding carboxylic acids is 2. The summed E-state index contributed by atoms with van der Waals surface area (Å²) in [6.45, 7) is 3.12. The molecule has 1 heterocycles.